The Labute approximate surface area is 193 Å². The molecule has 1 N–H and O–H groups in total. The molecular weight excluding hydrogens is 464 g/mol. The molecule has 178 valence electrons. The molecular formula is C22H23ClF4N4O2. The van der Waals surface area contributed by atoms with Gasteiger partial charge in [0.15, 0.2) is 5.54 Å². The van der Waals surface area contributed by atoms with Crippen molar-refractivity contribution in [2.75, 3.05) is 4.90 Å². The molecule has 1 aromatic carbocycles. The van der Waals surface area contributed by atoms with Gasteiger partial charge in [-0.15, -0.1) is 0 Å². The molecule has 11 heteroatoms. The number of nitrogens with one attached hydrogen (secondary N) is 1. The van der Waals surface area contributed by atoms with E-state index in [2.05, 4.69) is 15.3 Å². The summed E-state index contributed by atoms with van der Waals surface area (Å²) in [5.74, 6) is -5.59. The zero-order chi connectivity index (χ0) is 24.4. The Bertz CT molecular complexity index is 1010. The minimum absolute atomic E-state index is 0.0223. The topological polar surface area (TPSA) is 75.2 Å². The second-order valence-electron chi connectivity index (χ2n) is 8.21. The molecule has 1 aromatic heterocycles. The zero-order valence-electron chi connectivity index (χ0n) is 18.0. The van der Waals surface area contributed by atoms with Gasteiger partial charge in [0.25, 0.3) is 17.4 Å². The van der Waals surface area contributed by atoms with Crippen LogP contribution in [-0.2, 0) is 15.1 Å². The Morgan fingerprint density at radius 1 is 1.24 bits per heavy atom. The van der Waals surface area contributed by atoms with Crippen LogP contribution in [0.3, 0.4) is 0 Å². The third-order valence-electron chi connectivity index (χ3n) is 5.89. The Hall–Kier alpha value is -2.75. The molecule has 0 bridgehead atoms. The molecule has 2 atom stereocenters. The fraction of sp³-hybridized carbons (Fsp3) is 0.455. The Balaban J connectivity index is 2.08. The van der Waals surface area contributed by atoms with Crippen LogP contribution in [0.4, 0.5) is 23.2 Å². The minimum atomic E-state index is -2.81. The Morgan fingerprint density at radius 2 is 1.85 bits per heavy atom. The number of rotatable bonds is 6. The van der Waals surface area contributed by atoms with E-state index in [4.69, 9.17) is 11.6 Å². The monoisotopic (exact) mass is 486 g/mol. The van der Waals surface area contributed by atoms with E-state index in [1.807, 2.05) is 0 Å². The highest BCUT2D eigenvalue weighted by atomic mass is 35.5. The number of carbonyl (C=O) groups is 2. The predicted molar refractivity (Wildman–Crippen MR) is 114 cm³/mol. The van der Waals surface area contributed by atoms with Crippen LogP contribution in [0, 0.1) is 12.7 Å². The molecule has 0 radical (unpaired) electrons. The first kappa shape index (κ1) is 24.9. The molecule has 0 saturated heterocycles. The summed E-state index contributed by atoms with van der Waals surface area (Å²) in [6, 6.07) is 3.12. The lowest BCUT2D eigenvalue weighted by Gasteiger charge is -2.41. The molecule has 33 heavy (non-hydrogen) atoms. The summed E-state index contributed by atoms with van der Waals surface area (Å²) in [5, 5.41) is 2.68. The molecule has 1 aliphatic rings. The summed E-state index contributed by atoms with van der Waals surface area (Å²) < 4.78 is 55.6. The van der Waals surface area contributed by atoms with E-state index in [0.717, 1.165) is 11.0 Å². The molecule has 1 heterocycles. The van der Waals surface area contributed by atoms with Crippen LogP contribution in [0.2, 0.25) is 0 Å². The number of benzene rings is 1. The van der Waals surface area contributed by atoms with Gasteiger partial charge in [-0.1, -0.05) is 17.7 Å². The third-order valence-corrected chi connectivity index (χ3v) is 6.07. The number of alkyl halides is 4. The van der Waals surface area contributed by atoms with Gasteiger partial charge in [0.05, 0.1) is 0 Å². The van der Waals surface area contributed by atoms with Gasteiger partial charge in [-0.2, -0.15) is 0 Å². The van der Waals surface area contributed by atoms with Crippen LogP contribution < -0.4 is 10.2 Å². The molecule has 1 aliphatic carbocycles. The fourth-order valence-corrected chi connectivity index (χ4v) is 3.94. The first-order chi connectivity index (χ1) is 15.5. The normalized spacial score (nSPS) is 18.8. The van der Waals surface area contributed by atoms with Gasteiger partial charge in [0, 0.05) is 42.5 Å². The molecule has 0 unspecified atom stereocenters. The maximum atomic E-state index is 14.4. The Kier molecular flexibility index (Phi) is 7.26. The number of hydrogen-bond donors (Lipinski definition) is 1. The standard InChI is InChI=1S/C22H23ClF4N4O2/c1-13-3-4-16(9-17(13)24)31(19(32)18(23)25)21(2,14-10-28-12-29-11-14)20(33)30-15-5-7-22(26,27)8-6-15/h3-4,9-12,15,18H,5-8H2,1-2H3,(H,30,33)/t18-,21+/m0/s1. The van der Waals surface area contributed by atoms with Crippen molar-refractivity contribution in [3.05, 3.63) is 53.9 Å². The van der Waals surface area contributed by atoms with E-state index in [1.165, 1.54) is 44.7 Å². The van der Waals surface area contributed by atoms with E-state index in [1.54, 1.807) is 0 Å². The quantitative estimate of drug-likeness (QED) is 0.485. The van der Waals surface area contributed by atoms with Crippen molar-refractivity contribution < 1.29 is 27.2 Å². The maximum absolute atomic E-state index is 14.4. The van der Waals surface area contributed by atoms with Crippen LogP contribution in [0.5, 0.6) is 0 Å². The highest BCUT2D eigenvalue weighted by Gasteiger charge is 2.48. The number of nitrogens with zero attached hydrogens (tertiary/aromatic N) is 3. The van der Waals surface area contributed by atoms with Gasteiger partial charge in [-0.25, -0.2) is 27.5 Å². The Morgan fingerprint density at radius 3 is 2.39 bits per heavy atom. The van der Waals surface area contributed by atoms with Gasteiger partial charge in [-0.05, 0) is 44.4 Å². The molecule has 2 amide bonds. The highest BCUT2D eigenvalue weighted by Crippen LogP contribution is 2.37. The molecule has 6 nitrogen and oxygen atoms in total. The number of amides is 2. The van der Waals surface area contributed by atoms with E-state index in [-0.39, 0.29) is 29.7 Å². The summed E-state index contributed by atoms with van der Waals surface area (Å²) >= 11 is 5.47. The summed E-state index contributed by atoms with van der Waals surface area (Å²) in [4.78, 5) is 35.0. The average molecular weight is 487 g/mol. The van der Waals surface area contributed by atoms with Gasteiger partial charge >= 0.3 is 0 Å². The molecule has 0 aliphatic heterocycles. The molecule has 1 saturated carbocycles. The molecule has 1 fully saturated rings. The van der Waals surface area contributed by atoms with Crippen LogP contribution in [0.1, 0.15) is 43.7 Å². The predicted octanol–water partition coefficient (Wildman–Crippen LogP) is 4.40. The smallest absolute Gasteiger partial charge is 0.278 e. The van der Waals surface area contributed by atoms with Gasteiger partial charge in [0.1, 0.15) is 12.1 Å². The van der Waals surface area contributed by atoms with Crippen molar-refractivity contribution in [2.45, 2.75) is 62.7 Å². The van der Waals surface area contributed by atoms with Crippen LogP contribution in [-0.4, -0.2) is 39.4 Å². The van der Waals surface area contributed by atoms with E-state index >= 15 is 0 Å². The van der Waals surface area contributed by atoms with E-state index < -0.39 is 53.6 Å². The largest absolute Gasteiger partial charge is 0.351 e. The van der Waals surface area contributed by atoms with Crippen LogP contribution in [0.25, 0.3) is 0 Å². The maximum Gasteiger partial charge on any atom is 0.278 e. The number of carbonyl (C=O) groups excluding carboxylic acids is 2. The number of aromatic nitrogens is 2. The van der Waals surface area contributed by atoms with Crippen LogP contribution >= 0.6 is 11.6 Å². The molecule has 3 rings (SSSR count). The lowest BCUT2D eigenvalue weighted by atomic mass is 9.87. The van der Waals surface area contributed by atoms with E-state index in [0.29, 0.717) is 0 Å². The summed E-state index contributed by atoms with van der Waals surface area (Å²) in [5.41, 5.74) is -4.27. The summed E-state index contributed by atoms with van der Waals surface area (Å²) in [6.07, 6.45) is 2.96. The molecule has 2 aromatic rings. The highest BCUT2D eigenvalue weighted by molar-refractivity contribution is 6.32. The number of anilines is 1. The van der Waals surface area contributed by atoms with Crippen molar-refractivity contribution >= 4 is 29.1 Å². The average Bonchev–Trinajstić information content (AvgIpc) is 2.78. The number of hydrogen-bond acceptors (Lipinski definition) is 4. The van der Waals surface area contributed by atoms with Crippen molar-refractivity contribution in [2.24, 2.45) is 0 Å². The number of aryl methyl sites for hydroxylation is 1. The summed E-state index contributed by atoms with van der Waals surface area (Å²) in [7, 11) is 0. The minimum Gasteiger partial charge on any atom is -0.351 e. The zero-order valence-corrected chi connectivity index (χ0v) is 18.8. The SMILES string of the molecule is Cc1ccc(N(C(=O)[C@H](F)Cl)[C@@](C)(C(=O)NC2CCC(F)(F)CC2)c2cncnc2)cc1F. The fourth-order valence-electron chi connectivity index (χ4n) is 3.85. The number of halogens is 5. The van der Waals surface area contributed by atoms with E-state index in [9.17, 15) is 27.2 Å². The third kappa shape index (κ3) is 5.26. The second-order valence-corrected chi connectivity index (χ2v) is 8.59. The van der Waals surface area contributed by atoms with Gasteiger partial charge in [-0.3, -0.25) is 14.5 Å². The first-order valence-corrected chi connectivity index (χ1v) is 10.7. The van der Waals surface area contributed by atoms with Crippen LogP contribution in [0.15, 0.2) is 36.9 Å². The molecule has 0 spiro atoms. The summed E-state index contributed by atoms with van der Waals surface area (Å²) in [6.45, 7) is 2.81. The second kappa shape index (κ2) is 9.62. The van der Waals surface area contributed by atoms with Crippen molar-refractivity contribution in [3.63, 3.8) is 0 Å². The van der Waals surface area contributed by atoms with Gasteiger partial charge in [0.2, 0.25) is 5.92 Å². The van der Waals surface area contributed by atoms with Crippen molar-refractivity contribution in [1.29, 1.82) is 0 Å². The van der Waals surface area contributed by atoms with Crippen molar-refractivity contribution in [1.82, 2.24) is 15.3 Å². The first-order valence-electron chi connectivity index (χ1n) is 10.3. The lowest BCUT2D eigenvalue weighted by molar-refractivity contribution is -0.132. The van der Waals surface area contributed by atoms with Crippen molar-refractivity contribution in [3.8, 4) is 0 Å². The lowest BCUT2D eigenvalue weighted by Crippen LogP contribution is -2.60. The van der Waals surface area contributed by atoms with Gasteiger partial charge < -0.3 is 5.32 Å².